The Kier molecular flexibility index (Phi) is 6.54. The van der Waals surface area contributed by atoms with Crippen LogP contribution in [0.25, 0.3) is 0 Å². The standard InChI is InChI=1S/C13H29N5O/c1-13(2,12(14)16-19)6-4-5-7-15-18-10-8-17(3)9-11-18/h15,19H,4-11H2,1-3H3,(H2,14,16). The fourth-order valence-electron chi connectivity index (χ4n) is 2.16. The molecule has 1 heterocycles. The van der Waals surface area contributed by atoms with Gasteiger partial charge in [0.05, 0.1) is 0 Å². The second-order valence-electron chi connectivity index (χ2n) is 6.02. The van der Waals surface area contributed by atoms with Gasteiger partial charge in [0.15, 0.2) is 0 Å². The van der Waals surface area contributed by atoms with Crippen molar-refractivity contribution in [2.75, 3.05) is 39.8 Å². The third-order valence-electron chi connectivity index (χ3n) is 3.87. The molecule has 112 valence electrons. The lowest BCUT2D eigenvalue weighted by Crippen LogP contribution is -2.50. The van der Waals surface area contributed by atoms with Gasteiger partial charge in [-0.2, -0.15) is 0 Å². The van der Waals surface area contributed by atoms with Gasteiger partial charge in [-0.25, -0.2) is 5.01 Å². The van der Waals surface area contributed by atoms with Gasteiger partial charge < -0.3 is 15.8 Å². The van der Waals surface area contributed by atoms with Crippen LogP contribution in [0.5, 0.6) is 0 Å². The Hall–Kier alpha value is -0.850. The van der Waals surface area contributed by atoms with Crippen LogP contribution in [0.2, 0.25) is 0 Å². The molecule has 0 radical (unpaired) electrons. The molecule has 0 saturated carbocycles. The van der Waals surface area contributed by atoms with Gasteiger partial charge in [0.2, 0.25) is 0 Å². The van der Waals surface area contributed by atoms with Crippen molar-refractivity contribution >= 4 is 5.84 Å². The Balaban J connectivity index is 2.08. The van der Waals surface area contributed by atoms with Crippen LogP contribution in [0, 0.1) is 5.41 Å². The second kappa shape index (κ2) is 7.67. The van der Waals surface area contributed by atoms with E-state index in [1.807, 2.05) is 13.8 Å². The third kappa shape index (κ3) is 5.76. The summed E-state index contributed by atoms with van der Waals surface area (Å²) in [5, 5.41) is 14.1. The number of hydrogen-bond acceptors (Lipinski definition) is 5. The molecule has 1 aliphatic heterocycles. The highest BCUT2D eigenvalue weighted by Gasteiger charge is 2.22. The predicted molar refractivity (Wildman–Crippen MR) is 78.1 cm³/mol. The maximum atomic E-state index is 8.70. The number of piperazine rings is 1. The molecule has 1 aliphatic rings. The van der Waals surface area contributed by atoms with Crippen molar-refractivity contribution < 1.29 is 5.21 Å². The normalized spacial score (nSPS) is 19.8. The average Bonchev–Trinajstić information content (AvgIpc) is 2.39. The maximum Gasteiger partial charge on any atom is 0.144 e. The highest BCUT2D eigenvalue weighted by atomic mass is 16.4. The van der Waals surface area contributed by atoms with Gasteiger partial charge in [0, 0.05) is 38.1 Å². The number of oxime groups is 1. The van der Waals surface area contributed by atoms with Gasteiger partial charge in [0.1, 0.15) is 5.84 Å². The first-order valence-corrected chi connectivity index (χ1v) is 7.11. The van der Waals surface area contributed by atoms with Crippen LogP contribution in [0.4, 0.5) is 0 Å². The summed E-state index contributed by atoms with van der Waals surface area (Å²) in [7, 11) is 2.16. The average molecular weight is 271 g/mol. The van der Waals surface area contributed by atoms with Crippen LogP contribution in [0.15, 0.2) is 5.16 Å². The Morgan fingerprint density at radius 2 is 1.89 bits per heavy atom. The van der Waals surface area contributed by atoms with E-state index < -0.39 is 0 Å². The number of hydrazine groups is 1. The van der Waals surface area contributed by atoms with Gasteiger partial charge >= 0.3 is 0 Å². The summed E-state index contributed by atoms with van der Waals surface area (Å²) in [4.78, 5) is 2.34. The molecule has 19 heavy (non-hydrogen) atoms. The minimum absolute atomic E-state index is 0.220. The third-order valence-corrected chi connectivity index (χ3v) is 3.87. The van der Waals surface area contributed by atoms with E-state index >= 15 is 0 Å². The maximum absolute atomic E-state index is 8.70. The molecule has 0 bridgehead atoms. The first kappa shape index (κ1) is 16.2. The summed E-state index contributed by atoms with van der Waals surface area (Å²) in [6.07, 6.45) is 3.12. The molecule has 0 amide bonds. The Bertz CT molecular complexity index is 285. The zero-order chi connectivity index (χ0) is 14.3. The quantitative estimate of drug-likeness (QED) is 0.209. The lowest BCUT2D eigenvalue weighted by molar-refractivity contribution is 0.104. The number of nitrogens with zero attached hydrogens (tertiary/aromatic N) is 3. The van der Waals surface area contributed by atoms with Gasteiger partial charge in [-0.1, -0.05) is 25.4 Å². The van der Waals surface area contributed by atoms with Crippen molar-refractivity contribution in [3.05, 3.63) is 0 Å². The van der Waals surface area contributed by atoms with Crippen LogP contribution in [-0.2, 0) is 0 Å². The fraction of sp³-hybridized carbons (Fsp3) is 0.923. The van der Waals surface area contributed by atoms with Crippen molar-refractivity contribution in [3.63, 3.8) is 0 Å². The molecule has 0 aliphatic carbocycles. The van der Waals surface area contributed by atoms with E-state index in [2.05, 4.69) is 27.5 Å². The van der Waals surface area contributed by atoms with Gasteiger partial charge in [-0.05, 0) is 19.9 Å². The molecule has 0 aromatic carbocycles. The molecule has 1 rings (SSSR count). The SMILES string of the molecule is CN1CCN(NCCCCC(C)(C)C(N)=NO)CC1. The summed E-state index contributed by atoms with van der Waals surface area (Å²) in [6.45, 7) is 9.45. The molecule has 0 aromatic heterocycles. The topological polar surface area (TPSA) is 77.1 Å². The zero-order valence-electron chi connectivity index (χ0n) is 12.5. The summed E-state index contributed by atoms with van der Waals surface area (Å²) in [5.74, 6) is 0.319. The lowest BCUT2D eigenvalue weighted by Gasteiger charge is -2.32. The van der Waals surface area contributed by atoms with E-state index in [0.29, 0.717) is 5.84 Å². The van der Waals surface area contributed by atoms with Crippen molar-refractivity contribution in [2.24, 2.45) is 16.3 Å². The van der Waals surface area contributed by atoms with Crippen LogP contribution in [0.1, 0.15) is 33.1 Å². The monoisotopic (exact) mass is 271 g/mol. The van der Waals surface area contributed by atoms with Gasteiger partial charge in [-0.15, -0.1) is 0 Å². The fourth-order valence-corrected chi connectivity index (χ4v) is 2.16. The summed E-state index contributed by atoms with van der Waals surface area (Å²) in [6, 6.07) is 0. The first-order valence-electron chi connectivity index (χ1n) is 7.11. The molecular weight excluding hydrogens is 242 g/mol. The van der Waals surface area contributed by atoms with Crippen molar-refractivity contribution in [1.29, 1.82) is 0 Å². The zero-order valence-corrected chi connectivity index (χ0v) is 12.5. The van der Waals surface area contributed by atoms with Crippen molar-refractivity contribution in [2.45, 2.75) is 33.1 Å². The summed E-state index contributed by atoms with van der Waals surface area (Å²) < 4.78 is 0. The molecule has 1 saturated heterocycles. The largest absolute Gasteiger partial charge is 0.409 e. The Morgan fingerprint density at radius 3 is 2.47 bits per heavy atom. The molecule has 1 fully saturated rings. The highest BCUT2D eigenvalue weighted by molar-refractivity contribution is 5.85. The predicted octanol–water partition coefficient (Wildman–Crippen LogP) is 0.681. The lowest BCUT2D eigenvalue weighted by atomic mass is 9.86. The summed E-state index contributed by atoms with van der Waals surface area (Å²) in [5.41, 5.74) is 8.91. The van der Waals surface area contributed by atoms with E-state index in [0.717, 1.165) is 52.0 Å². The highest BCUT2D eigenvalue weighted by Crippen LogP contribution is 2.23. The molecule has 0 unspecified atom stereocenters. The number of nitrogens with one attached hydrogen (secondary N) is 1. The van der Waals surface area contributed by atoms with E-state index in [1.54, 1.807) is 0 Å². The molecule has 0 spiro atoms. The van der Waals surface area contributed by atoms with E-state index in [-0.39, 0.29) is 5.41 Å². The molecular formula is C13H29N5O. The van der Waals surface area contributed by atoms with Crippen LogP contribution in [-0.4, -0.2) is 60.7 Å². The van der Waals surface area contributed by atoms with Crippen molar-refractivity contribution in [3.8, 4) is 0 Å². The molecule has 4 N–H and O–H groups in total. The number of hydrogen-bond donors (Lipinski definition) is 3. The minimum Gasteiger partial charge on any atom is -0.409 e. The summed E-state index contributed by atoms with van der Waals surface area (Å²) >= 11 is 0. The van der Waals surface area contributed by atoms with Crippen LogP contribution >= 0.6 is 0 Å². The number of rotatable bonds is 7. The first-order chi connectivity index (χ1) is 8.95. The smallest absolute Gasteiger partial charge is 0.144 e. The van der Waals surface area contributed by atoms with E-state index in [1.165, 1.54) is 0 Å². The molecule has 0 aromatic rings. The van der Waals surface area contributed by atoms with Gasteiger partial charge in [0.25, 0.3) is 0 Å². The van der Waals surface area contributed by atoms with Crippen LogP contribution < -0.4 is 11.2 Å². The van der Waals surface area contributed by atoms with E-state index in [4.69, 9.17) is 10.9 Å². The Labute approximate surface area is 116 Å². The van der Waals surface area contributed by atoms with Crippen LogP contribution in [0.3, 0.4) is 0 Å². The number of nitrogens with two attached hydrogens (primary N) is 1. The molecule has 6 nitrogen and oxygen atoms in total. The minimum atomic E-state index is -0.220. The van der Waals surface area contributed by atoms with Crippen molar-refractivity contribution in [1.82, 2.24) is 15.3 Å². The number of likely N-dealkylation sites (N-methyl/N-ethyl adjacent to an activating group) is 1. The second-order valence-corrected chi connectivity index (χ2v) is 6.02. The molecule has 0 atom stereocenters. The van der Waals surface area contributed by atoms with Gasteiger partial charge in [-0.3, -0.25) is 5.43 Å². The van der Waals surface area contributed by atoms with E-state index in [9.17, 15) is 0 Å². The number of unbranched alkanes of at least 4 members (excludes halogenated alkanes) is 1. The number of amidine groups is 1. The Morgan fingerprint density at radius 1 is 1.26 bits per heavy atom. The molecule has 6 heteroatoms.